The fourth-order valence-electron chi connectivity index (χ4n) is 1.14. The number of rotatable bonds is 4. The second kappa shape index (κ2) is 5.02. The highest BCUT2D eigenvalue weighted by atomic mass is 32.1. The number of ether oxygens (including phenoxy) is 1. The third-order valence-electron chi connectivity index (χ3n) is 1.81. The van der Waals surface area contributed by atoms with E-state index in [9.17, 15) is 4.79 Å². The number of carbonyl (C=O) groups is 1. The molecule has 13 heavy (non-hydrogen) atoms. The Balaban J connectivity index is 2.42. The van der Waals surface area contributed by atoms with Crippen LogP contribution in [-0.2, 0) is 9.53 Å². The maximum atomic E-state index is 11.1. The van der Waals surface area contributed by atoms with Crippen LogP contribution in [0.4, 0.5) is 0 Å². The van der Waals surface area contributed by atoms with Crippen molar-refractivity contribution in [3.05, 3.63) is 22.4 Å². The number of esters is 1. The van der Waals surface area contributed by atoms with E-state index in [0.717, 1.165) is 0 Å². The Kier molecular flexibility index (Phi) is 3.96. The zero-order chi connectivity index (χ0) is 9.68. The van der Waals surface area contributed by atoms with E-state index in [1.807, 2.05) is 25.3 Å². The van der Waals surface area contributed by atoms with Gasteiger partial charge in [-0.3, -0.25) is 4.79 Å². The van der Waals surface area contributed by atoms with Gasteiger partial charge in [0.2, 0.25) is 0 Å². The monoisotopic (exact) mass is 198 g/mol. The van der Waals surface area contributed by atoms with Crippen LogP contribution in [0.1, 0.15) is 31.1 Å². The molecule has 0 saturated heterocycles. The average Bonchev–Trinajstić information content (AvgIpc) is 2.55. The lowest BCUT2D eigenvalue weighted by Gasteiger charge is -2.07. The molecule has 1 atom stereocenters. The Bertz CT molecular complexity index is 254. The van der Waals surface area contributed by atoms with E-state index in [4.69, 9.17) is 4.74 Å². The van der Waals surface area contributed by atoms with Gasteiger partial charge in [-0.15, -0.1) is 11.3 Å². The molecule has 1 aromatic rings. The van der Waals surface area contributed by atoms with Gasteiger partial charge in [-0.05, 0) is 18.4 Å². The molecule has 0 bridgehead atoms. The van der Waals surface area contributed by atoms with Gasteiger partial charge in [0.1, 0.15) is 0 Å². The molecule has 0 aromatic carbocycles. The van der Waals surface area contributed by atoms with Crippen molar-refractivity contribution in [1.29, 1.82) is 0 Å². The summed E-state index contributed by atoms with van der Waals surface area (Å²) in [5.41, 5.74) is 0. The molecule has 0 aliphatic heterocycles. The highest BCUT2D eigenvalue weighted by Crippen LogP contribution is 2.23. The van der Waals surface area contributed by atoms with Crippen LogP contribution >= 0.6 is 11.3 Å². The van der Waals surface area contributed by atoms with E-state index in [-0.39, 0.29) is 11.9 Å². The minimum Gasteiger partial charge on any atom is -0.466 e. The summed E-state index contributed by atoms with van der Waals surface area (Å²) >= 11 is 1.68. The average molecular weight is 198 g/mol. The molecule has 0 N–H and O–H groups in total. The van der Waals surface area contributed by atoms with Crippen LogP contribution in [0.2, 0.25) is 0 Å². The van der Waals surface area contributed by atoms with Crippen LogP contribution in [0, 0.1) is 0 Å². The first-order chi connectivity index (χ1) is 6.24. The van der Waals surface area contributed by atoms with Crippen molar-refractivity contribution in [2.45, 2.75) is 26.2 Å². The molecule has 0 radical (unpaired) electrons. The van der Waals surface area contributed by atoms with Crippen molar-refractivity contribution in [1.82, 2.24) is 0 Å². The second-order valence-electron chi connectivity index (χ2n) is 2.93. The molecular weight excluding hydrogens is 184 g/mol. The first-order valence-corrected chi connectivity index (χ1v) is 5.31. The molecule has 0 fully saturated rings. The van der Waals surface area contributed by atoms with Crippen molar-refractivity contribution in [2.24, 2.45) is 0 Å². The normalized spacial score (nSPS) is 12.5. The third kappa shape index (κ3) is 3.19. The Morgan fingerprint density at radius 1 is 1.69 bits per heavy atom. The molecule has 0 aliphatic carbocycles. The predicted molar refractivity (Wildman–Crippen MR) is 54.0 cm³/mol. The summed E-state index contributed by atoms with van der Waals surface area (Å²) in [6.07, 6.45) is 0.481. The van der Waals surface area contributed by atoms with Crippen LogP contribution in [0.3, 0.4) is 0 Å². The van der Waals surface area contributed by atoms with Crippen LogP contribution in [0.15, 0.2) is 17.5 Å². The van der Waals surface area contributed by atoms with Gasteiger partial charge in [-0.1, -0.05) is 13.0 Å². The molecular formula is C10H14O2S. The third-order valence-corrected chi connectivity index (χ3v) is 2.91. The second-order valence-corrected chi connectivity index (χ2v) is 3.90. The molecule has 1 rings (SSSR count). The highest BCUT2D eigenvalue weighted by Gasteiger charge is 2.12. The molecule has 2 nitrogen and oxygen atoms in total. The summed E-state index contributed by atoms with van der Waals surface area (Å²) in [6, 6.07) is 4.05. The van der Waals surface area contributed by atoms with E-state index >= 15 is 0 Å². The summed E-state index contributed by atoms with van der Waals surface area (Å²) in [6.45, 7) is 4.34. The Hall–Kier alpha value is -0.830. The van der Waals surface area contributed by atoms with Crippen molar-refractivity contribution in [3.63, 3.8) is 0 Å². The van der Waals surface area contributed by atoms with Gasteiger partial charge in [-0.25, -0.2) is 0 Å². The molecule has 0 amide bonds. The topological polar surface area (TPSA) is 26.3 Å². The zero-order valence-electron chi connectivity index (χ0n) is 7.95. The van der Waals surface area contributed by atoms with E-state index in [0.29, 0.717) is 13.0 Å². The lowest BCUT2D eigenvalue weighted by Crippen LogP contribution is -2.07. The standard InChI is InChI=1S/C10H14O2S/c1-3-12-10(11)7-8(2)9-5-4-6-13-9/h4-6,8H,3,7H2,1-2H3. The summed E-state index contributed by atoms with van der Waals surface area (Å²) in [7, 11) is 0. The van der Waals surface area contributed by atoms with Crippen LogP contribution in [0.25, 0.3) is 0 Å². The molecule has 1 aromatic heterocycles. The SMILES string of the molecule is CCOC(=O)CC(C)c1cccs1. The highest BCUT2D eigenvalue weighted by molar-refractivity contribution is 7.10. The Labute approximate surface area is 82.5 Å². The van der Waals surface area contributed by atoms with Crippen LogP contribution in [-0.4, -0.2) is 12.6 Å². The van der Waals surface area contributed by atoms with Crippen molar-refractivity contribution in [2.75, 3.05) is 6.61 Å². The van der Waals surface area contributed by atoms with Gasteiger partial charge in [0.15, 0.2) is 0 Å². The summed E-state index contributed by atoms with van der Waals surface area (Å²) in [4.78, 5) is 12.4. The first-order valence-electron chi connectivity index (χ1n) is 4.43. The van der Waals surface area contributed by atoms with E-state index in [2.05, 4.69) is 6.07 Å². The van der Waals surface area contributed by atoms with Gasteiger partial charge in [0.25, 0.3) is 0 Å². The fraction of sp³-hybridized carbons (Fsp3) is 0.500. The van der Waals surface area contributed by atoms with Crippen molar-refractivity contribution in [3.8, 4) is 0 Å². The maximum Gasteiger partial charge on any atom is 0.306 e. The smallest absolute Gasteiger partial charge is 0.306 e. The molecule has 0 saturated carbocycles. The Morgan fingerprint density at radius 3 is 3.00 bits per heavy atom. The first kappa shape index (κ1) is 10.3. The summed E-state index contributed by atoms with van der Waals surface area (Å²) in [5, 5.41) is 2.02. The summed E-state index contributed by atoms with van der Waals surface area (Å²) in [5.74, 6) is 0.169. The lowest BCUT2D eigenvalue weighted by molar-refractivity contribution is -0.143. The van der Waals surface area contributed by atoms with Gasteiger partial charge >= 0.3 is 5.97 Å². The minimum atomic E-state index is -0.108. The minimum absolute atomic E-state index is 0.108. The largest absolute Gasteiger partial charge is 0.466 e. The van der Waals surface area contributed by atoms with Gasteiger partial charge in [-0.2, -0.15) is 0 Å². The predicted octanol–water partition coefficient (Wildman–Crippen LogP) is 2.80. The fourth-order valence-corrected chi connectivity index (χ4v) is 1.93. The van der Waals surface area contributed by atoms with E-state index in [1.165, 1.54) is 4.88 Å². The summed E-state index contributed by atoms with van der Waals surface area (Å²) < 4.78 is 4.88. The molecule has 3 heteroatoms. The molecule has 1 unspecified atom stereocenters. The van der Waals surface area contributed by atoms with Crippen LogP contribution in [0.5, 0.6) is 0 Å². The van der Waals surface area contributed by atoms with Gasteiger partial charge in [0, 0.05) is 10.8 Å². The number of hydrogen-bond acceptors (Lipinski definition) is 3. The van der Waals surface area contributed by atoms with E-state index in [1.54, 1.807) is 11.3 Å². The lowest BCUT2D eigenvalue weighted by atomic mass is 10.1. The van der Waals surface area contributed by atoms with E-state index < -0.39 is 0 Å². The Morgan fingerprint density at radius 2 is 2.46 bits per heavy atom. The van der Waals surface area contributed by atoms with Gasteiger partial charge < -0.3 is 4.74 Å². The zero-order valence-corrected chi connectivity index (χ0v) is 8.76. The molecule has 72 valence electrons. The quantitative estimate of drug-likeness (QED) is 0.695. The number of hydrogen-bond donors (Lipinski definition) is 0. The maximum absolute atomic E-state index is 11.1. The number of carbonyl (C=O) groups excluding carboxylic acids is 1. The molecule has 0 spiro atoms. The van der Waals surface area contributed by atoms with Crippen molar-refractivity contribution < 1.29 is 9.53 Å². The van der Waals surface area contributed by atoms with Crippen LogP contribution < -0.4 is 0 Å². The molecule has 1 heterocycles. The number of thiophene rings is 1. The molecule has 0 aliphatic rings. The van der Waals surface area contributed by atoms with Crippen molar-refractivity contribution >= 4 is 17.3 Å². The van der Waals surface area contributed by atoms with Gasteiger partial charge in [0.05, 0.1) is 13.0 Å².